The summed E-state index contributed by atoms with van der Waals surface area (Å²) in [4.78, 5) is 24.9. The van der Waals surface area contributed by atoms with E-state index in [9.17, 15) is 4.79 Å². The molecule has 35 heavy (non-hydrogen) atoms. The Morgan fingerprint density at radius 1 is 1.11 bits per heavy atom. The Bertz CT molecular complexity index is 1260. The number of benzene rings is 1. The molecule has 5 heterocycles. The van der Waals surface area contributed by atoms with Crippen LogP contribution in [0.2, 0.25) is 0 Å². The number of hydrogen-bond acceptors (Lipinski definition) is 11. The van der Waals surface area contributed by atoms with E-state index in [2.05, 4.69) is 25.1 Å². The molecule has 3 aliphatic heterocycles. The molecule has 0 radical (unpaired) electrons. The standard InChI is InChI=1S/C23H24N6O6/c1-31-14-2-3-18-17(8-14)21(25-13-24-18)34-15-4-5-28(10-15)11-16-12-29(23(30)35-16)20-9-19-22(27-26-20)33-7-6-32-19/h2-3,8-9,13,15-16H,4-7,10-12H2,1H3. The molecule has 0 saturated carbocycles. The summed E-state index contributed by atoms with van der Waals surface area (Å²) in [5, 5.41) is 8.93. The van der Waals surface area contributed by atoms with Crippen molar-refractivity contribution in [3.63, 3.8) is 0 Å². The van der Waals surface area contributed by atoms with E-state index in [-0.39, 0.29) is 12.2 Å². The van der Waals surface area contributed by atoms with Crippen LogP contribution in [0.1, 0.15) is 6.42 Å². The monoisotopic (exact) mass is 480 g/mol. The van der Waals surface area contributed by atoms with Crippen LogP contribution < -0.4 is 23.8 Å². The molecule has 0 N–H and O–H groups in total. The van der Waals surface area contributed by atoms with Gasteiger partial charge in [-0.25, -0.2) is 14.8 Å². The molecule has 2 saturated heterocycles. The molecule has 2 fully saturated rings. The number of hydrogen-bond donors (Lipinski definition) is 0. The molecule has 182 valence electrons. The molecular formula is C23H24N6O6. The van der Waals surface area contributed by atoms with Crippen LogP contribution in [0.25, 0.3) is 10.9 Å². The van der Waals surface area contributed by atoms with Gasteiger partial charge in [-0.3, -0.25) is 9.80 Å². The SMILES string of the molecule is COc1ccc2ncnc(OC3CCN(CC4CN(c5cc6c(nn5)OCCO6)C(=O)O4)C3)c2c1. The summed E-state index contributed by atoms with van der Waals surface area (Å²) < 4.78 is 28.1. The number of cyclic esters (lactones) is 1. The first-order chi connectivity index (χ1) is 17.2. The maximum Gasteiger partial charge on any atom is 0.416 e. The van der Waals surface area contributed by atoms with Crippen molar-refractivity contribution in [1.29, 1.82) is 0 Å². The highest BCUT2D eigenvalue weighted by Crippen LogP contribution is 2.32. The number of amides is 1. The minimum Gasteiger partial charge on any atom is -0.497 e. The van der Waals surface area contributed by atoms with Crippen LogP contribution in [-0.4, -0.2) is 89.9 Å². The molecule has 3 aliphatic rings. The highest BCUT2D eigenvalue weighted by atomic mass is 16.6. The van der Waals surface area contributed by atoms with E-state index in [1.54, 1.807) is 13.2 Å². The zero-order valence-corrected chi connectivity index (χ0v) is 19.1. The summed E-state index contributed by atoms with van der Waals surface area (Å²) in [6, 6.07) is 7.28. The third kappa shape index (κ3) is 4.32. The minimum absolute atomic E-state index is 0.0313. The molecule has 2 aromatic heterocycles. The summed E-state index contributed by atoms with van der Waals surface area (Å²) in [6.07, 6.45) is 1.57. The lowest BCUT2D eigenvalue weighted by atomic mass is 10.2. The Morgan fingerprint density at radius 2 is 2.03 bits per heavy atom. The van der Waals surface area contributed by atoms with E-state index in [0.717, 1.165) is 29.6 Å². The maximum absolute atomic E-state index is 12.5. The number of rotatable bonds is 6. The number of anilines is 1. The molecular weight excluding hydrogens is 456 g/mol. The highest BCUT2D eigenvalue weighted by molar-refractivity contribution is 5.88. The lowest BCUT2D eigenvalue weighted by Crippen LogP contribution is -2.35. The molecule has 2 unspecified atom stereocenters. The van der Waals surface area contributed by atoms with Crippen LogP contribution >= 0.6 is 0 Å². The fourth-order valence-corrected chi connectivity index (χ4v) is 4.52. The number of carbonyl (C=O) groups is 1. The molecule has 0 bridgehead atoms. The maximum atomic E-state index is 12.5. The zero-order valence-electron chi connectivity index (χ0n) is 19.1. The summed E-state index contributed by atoms with van der Waals surface area (Å²) in [5.74, 6) is 2.46. The number of nitrogens with zero attached hydrogens (tertiary/aromatic N) is 6. The van der Waals surface area contributed by atoms with Crippen molar-refractivity contribution >= 4 is 22.8 Å². The fraction of sp³-hybridized carbons (Fsp3) is 0.435. The third-order valence-corrected chi connectivity index (χ3v) is 6.22. The van der Waals surface area contributed by atoms with Gasteiger partial charge in [-0.05, 0) is 24.6 Å². The second-order valence-electron chi connectivity index (χ2n) is 8.54. The Balaban J connectivity index is 1.08. The molecule has 1 aromatic carbocycles. The first kappa shape index (κ1) is 21.6. The van der Waals surface area contributed by atoms with Crippen LogP contribution in [0.3, 0.4) is 0 Å². The average Bonchev–Trinajstić information content (AvgIpc) is 3.49. The second-order valence-corrected chi connectivity index (χ2v) is 8.54. The number of ether oxygens (including phenoxy) is 5. The van der Waals surface area contributed by atoms with Gasteiger partial charge in [0.15, 0.2) is 11.6 Å². The predicted octanol–water partition coefficient (Wildman–Crippen LogP) is 1.68. The topological polar surface area (TPSA) is 121 Å². The second kappa shape index (κ2) is 9.02. The van der Waals surface area contributed by atoms with Crippen molar-refractivity contribution in [3.05, 3.63) is 30.6 Å². The molecule has 2 atom stereocenters. The number of methoxy groups -OCH3 is 1. The van der Waals surface area contributed by atoms with Gasteiger partial charge in [0, 0.05) is 25.7 Å². The van der Waals surface area contributed by atoms with Crippen molar-refractivity contribution in [2.24, 2.45) is 0 Å². The van der Waals surface area contributed by atoms with Gasteiger partial charge in [0.2, 0.25) is 5.88 Å². The van der Waals surface area contributed by atoms with Crippen molar-refractivity contribution in [3.8, 4) is 23.3 Å². The van der Waals surface area contributed by atoms with Gasteiger partial charge in [-0.15, -0.1) is 10.2 Å². The summed E-state index contributed by atoms with van der Waals surface area (Å²) >= 11 is 0. The van der Waals surface area contributed by atoms with E-state index in [0.29, 0.717) is 56.2 Å². The average molecular weight is 480 g/mol. The van der Waals surface area contributed by atoms with Crippen molar-refractivity contribution < 1.29 is 28.5 Å². The first-order valence-corrected chi connectivity index (χ1v) is 11.5. The Morgan fingerprint density at radius 3 is 2.94 bits per heavy atom. The number of carbonyl (C=O) groups excluding carboxylic acids is 1. The minimum atomic E-state index is -0.450. The van der Waals surface area contributed by atoms with E-state index in [1.807, 2.05) is 18.2 Å². The van der Waals surface area contributed by atoms with Crippen molar-refractivity contribution in [1.82, 2.24) is 25.1 Å². The number of aromatic nitrogens is 4. The van der Waals surface area contributed by atoms with Crippen molar-refractivity contribution in [2.45, 2.75) is 18.6 Å². The van der Waals surface area contributed by atoms with Crippen molar-refractivity contribution in [2.75, 3.05) is 51.4 Å². The normalized spacial score (nSPS) is 21.9. The molecule has 12 heteroatoms. The lowest BCUT2D eigenvalue weighted by Gasteiger charge is -2.20. The number of likely N-dealkylation sites (tertiary alicyclic amines) is 1. The molecule has 12 nitrogen and oxygen atoms in total. The first-order valence-electron chi connectivity index (χ1n) is 11.5. The Labute approximate surface area is 200 Å². The molecule has 6 rings (SSSR count). The Kier molecular flexibility index (Phi) is 5.57. The van der Waals surface area contributed by atoms with Gasteiger partial charge in [-0.2, -0.15) is 0 Å². The molecule has 0 aliphatic carbocycles. The van der Waals surface area contributed by atoms with Gasteiger partial charge in [0.1, 0.15) is 37.5 Å². The van der Waals surface area contributed by atoms with Crippen LogP contribution in [0, 0.1) is 0 Å². The van der Waals surface area contributed by atoms with Gasteiger partial charge < -0.3 is 23.7 Å². The van der Waals surface area contributed by atoms with Gasteiger partial charge in [0.05, 0.1) is 24.6 Å². The van der Waals surface area contributed by atoms with Gasteiger partial charge in [0.25, 0.3) is 5.88 Å². The molecule has 1 amide bonds. The van der Waals surface area contributed by atoms with E-state index in [1.165, 1.54) is 11.2 Å². The summed E-state index contributed by atoms with van der Waals surface area (Å²) in [5.41, 5.74) is 0.797. The zero-order chi connectivity index (χ0) is 23.8. The molecule has 3 aromatic rings. The lowest BCUT2D eigenvalue weighted by molar-refractivity contribution is 0.111. The van der Waals surface area contributed by atoms with Gasteiger partial charge in [-0.1, -0.05) is 0 Å². The summed E-state index contributed by atoms with van der Waals surface area (Å²) in [6.45, 7) is 3.37. The van der Waals surface area contributed by atoms with Gasteiger partial charge >= 0.3 is 6.09 Å². The quantitative estimate of drug-likeness (QED) is 0.512. The van der Waals surface area contributed by atoms with E-state index < -0.39 is 6.09 Å². The fourth-order valence-electron chi connectivity index (χ4n) is 4.52. The molecule has 0 spiro atoms. The van der Waals surface area contributed by atoms with E-state index in [4.69, 9.17) is 23.7 Å². The van der Waals surface area contributed by atoms with E-state index >= 15 is 0 Å². The highest BCUT2D eigenvalue weighted by Gasteiger charge is 2.37. The third-order valence-electron chi connectivity index (χ3n) is 6.22. The smallest absolute Gasteiger partial charge is 0.416 e. The van der Waals surface area contributed by atoms with Crippen LogP contribution in [0.15, 0.2) is 30.6 Å². The Hall–Kier alpha value is -3.93. The predicted molar refractivity (Wildman–Crippen MR) is 122 cm³/mol. The van der Waals surface area contributed by atoms with Crippen LogP contribution in [0.4, 0.5) is 10.6 Å². The summed E-state index contributed by atoms with van der Waals surface area (Å²) in [7, 11) is 1.62. The van der Waals surface area contributed by atoms with Crippen LogP contribution in [-0.2, 0) is 4.74 Å². The van der Waals surface area contributed by atoms with Crippen LogP contribution in [0.5, 0.6) is 23.3 Å². The largest absolute Gasteiger partial charge is 0.497 e. The number of fused-ring (bicyclic) bond motifs is 2.